The fourth-order valence-electron chi connectivity index (χ4n) is 0.907. The van der Waals surface area contributed by atoms with Crippen LogP contribution in [0.1, 0.15) is 0 Å². The summed E-state index contributed by atoms with van der Waals surface area (Å²) >= 11 is 0. The number of sulfonamides is 1. The highest BCUT2D eigenvalue weighted by atomic mass is 32.2. The van der Waals surface area contributed by atoms with E-state index in [2.05, 4.69) is 4.74 Å². The molecule has 0 aromatic heterocycles. The summed E-state index contributed by atoms with van der Waals surface area (Å²) in [6.07, 6.45) is -4.88. The standard InChI is InChI=1S/C7H7F3N2O3S/c8-7(9,10)15-5-2-1-3-6(4-5)16(13,14)12-11/h1-4,12H,11H2. The van der Waals surface area contributed by atoms with Crippen molar-refractivity contribution in [3.05, 3.63) is 24.3 Å². The molecule has 0 fully saturated rings. The van der Waals surface area contributed by atoms with Crippen molar-refractivity contribution in [1.29, 1.82) is 0 Å². The lowest BCUT2D eigenvalue weighted by atomic mass is 10.3. The fourth-order valence-corrected chi connectivity index (χ4v) is 1.57. The average Bonchev–Trinajstić information content (AvgIpc) is 2.15. The van der Waals surface area contributed by atoms with Gasteiger partial charge in [-0.25, -0.2) is 8.42 Å². The van der Waals surface area contributed by atoms with Gasteiger partial charge in [-0.3, -0.25) is 5.84 Å². The van der Waals surface area contributed by atoms with E-state index in [0.717, 1.165) is 18.2 Å². The van der Waals surface area contributed by atoms with E-state index in [1.807, 2.05) is 0 Å². The highest BCUT2D eigenvalue weighted by molar-refractivity contribution is 7.89. The van der Waals surface area contributed by atoms with Crippen LogP contribution in [0.25, 0.3) is 0 Å². The Bertz CT molecular complexity index is 472. The lowest BCUT2D eigenvalue weighted by molar-refractivity contribution is -0.274. The Hall–Kier alpha value is -1.32. The van der Waals surface area contributed by atoms with Crippen molar-refractivity contribution >= 4 is 10.0 Å². The van der Waals surface area contributed by atoms with Gasteiger partial charge in [0.2, 0.25) is 0 Å². The Morgan fingerprint density at radius 1 is 1.31 bits per heavy atom. The van der Waals surface area contributed by atoms with E-state index in [-0.39, 0.29) is 0 Å². The highest BCUT2D eigenvalue weighted by Gasteiger charge is 2.31. The van der Waals surface area contributed by atoms with Crippen molar-refractivity contribution in [3.8, 4) is 5.75 Å². The summed E-state index contributed by atoms with van der Waals surface area (Å²) in [6.45, 7) is 0. The van der Waals surface area contributed by atoms with E-state index in [1.165, 1.54) is 4.83 Å². The predicted octanol–water partition coefficient (Wildman–Crippen LogP) is 0.737. The Labute approximate surface area is 89.0 Å². The van der Waals surface area contributed by atoms with E-state index in [0.29, 0.717) is 6.07 Å². The molecule has 0 saturated heterocycles. The van der Waals surface area contributed by atoms with Gasteiger partial charge in [-0.2, -0.15) is 4.83 Å². The number of benzene rings is 1. The number of alkyl halides is 3. The van der Waals surface area contributed by atoms with Crippen molar-refractivity contribution in [1.82, 2.24) is 4.83 Å². The first kappa shape index (κ1) is 12.7. The van der Waals surface area contributed by atoms with Crippen LogP contribution < -0.4 is 15.4 Å². The smallest absolute Gasteiger partial charge is 0.406 e. The molecule has 0 radical (unpaired) electrons. The molecule has 90 valence electrons. The van der Waals surface area contributed by atoms with Gasteiger partial charge in [-0.1, -0.05) is 6.07 Å². The van der Waals surface area contributed by atoms with Gasteiger partial charge in [0.05, 0.1) is 4.90 Å². The number of hydrogen-bond acceptors (Lipinski definition) is 4. The Kier molecular flexibility index (Phi) is 3.41. The molecule has 0 heterocycles. The maximum atomic E-state index is 11.8. The topological polar surface area (TPSA) is 81.4 Å². The molecule has 0 saturated carbocycles. The maximum Gasteiger partial charge on any atom is 0.573 e. The third kappa shape index (κ3) is 3.36. The Morgan fingerprint density at radius 3 is 2.44 bits per heavy atom. The van der Waals surface area contributed by atoms with Crippen LogP contribution in [0, 0.1) is 0 Å². The summed E-state index contributed by atoms with van der Waals surface area (Å²) in [7, 11) is -4.00. The summed E-state index contributed by atoms with van der Waals surface area (Å²) < 4.78 is 61.4. The Balaban J connectivity index is 3.06. The molecular weight excluding hydrogens is 249 g/mol. The first-order valence-electron chi connectivity index (χ1n) is 3.83. The van der Waals surface area contributed by atoms with Crippen LogP contribution in [-0.4, -0.2) is 14.8 Å². The van der Waals surface area contributed by atoms with Crippen LogP contribution in [0.4, 0.5) is 13.2 Å². The normalized spacial score (nSPS) is 12.5. The minimum Gasteiger partial charge on any atom is -0.406 e. The number of hydrogen-bond donors (Lipinski definition) is 2. The largest absolute Gasteiger partial charge is 0.573 e. The monoisotopic (exact) mass is 256 g/mol. The van der Waals surface area contributed by atoms with Crippen molar-refractivity contribution in [2.45, 2.75) is 11.3 Å². The number of hydrazine groups is 1. The van der Waals surface area contributed by atoms with Gasteiger partial charge >= 0.3 is 6.36 Å². The maximum absolute atomic E-state index is 11.8. The molecule has 0 aliphatic rings. The minimum atomic E-state index is -4.88. The Morgan fingerprint density at radius 2 is 1.94 bits per heavy atom. The number of nitrogens with two attached hydrogens (primary N) is 1. The van der Waals surface area contributed by atoms with Gasteiger partial charge in [0.25, 0.3) is 10.0 Å². The van der Waals surface area contributed by atoms with Gasteiger partial charge in [0, 0.05) is 6.07 Å². The molecule has 0 aliphatic heterocycles. The molecule has 0 aliphatic carbocycles. The number of nitrogens with one attached hydrogen (secondary N) is 1. The predicted molar refractivity (Wildman–Crippen MR) is 47.6 cm³/mol. The molecule has 1 aromatic rings. The molecule has 0 atom stereocenters. The molecule has 1 aromatic carbocycles. The van der Waals surface area contributed by atoms with Gasteiger partial charge in [-0.15, -0.1) is 13.2 Å². The van der Waals surface area contributed by atoms with Crippen molar-refractivity contribution in [2.75, 3.05) is 0 Å². The van der Waals surface area contributed by atoms with Crippen LogP contribution in [0.2, 0.25) is 0 Å². The van der Waals surface area contributed by atoms with E-state index in [1.54, 1.807) is 0 Å². The van der Waals surface area contributed by atoms with Crippen LogP contribution in [0.15, 0.2) is 29.2 Å². The second-order valence-corrected chi connectivity index (χ2v) is 4.36. The first-order chi connectivity index (χ1) is 7.24. The van der Waals surface area contributed by atoms with E-state index >= 15 is 0 Å². The quantitative estimate of drug-likeness (QED) is 0.617. The van der Waals surface area contributed by atoms with E-state index in [4.69, 9.17) is 5.84 Å². The zero-order valence-electron chi connectivity index (χ0n) is 7.65. The first-order valence-corrected chi connectivity index (χ1v) is 5.31. The SMILES string of the molecule is NNS(=O)(=O)c1cccc(OC(F)(F)F)c1. The molecule has 0 bridgehead atoms. The van der Waals surface area contributed by atoms with Crippen LogP contribution in [-0.2, 0) is 10.0 Å². The molecule has 0 amide bonds. The molecule has 5 nitrogen and oxygen atoms in total. The number of halogens is 3. The molecule has 0 unspecified atom stereocenters. The molecule has 3 N–H and O–H groups in total. The third-order valence-electron chi connectivity index (χ3n) is 1.50. The van der Waals surface area contributed by atoms with Gasteiger partial charge in [0.15, 0.2) is 0 Å². The minimum absolute atomic E-state index is 0.420. The average molecular weight is 256 g/mol. The zero-order valence-corrected chi connectivity index (χ0v) is 8.47. The summed E-state index contributed by atoms with van der Waals surface area (Å²) in [6, 6.07) is 3.87. The fraction of sp³-hybridized carbons (Fsp3) is 0.143. The van der Waals surface area contributed by atoms with Crippen molar-refractivity contribution < 1.29 is 26.3 Å². The summed E-state index contributed by atoms with van der Waals surface area (Å²) in [4.78, 5) is 1.06. The summed E-state index contributed by atoms with van der Waals surface area (Å²) in [5.74, 6) is 4.08. The molecular formula is C7H7F3N2O3S. The van der Waals surface area contributed by atoms with Gasteiger partial charge in [-0.05, 0) is 12.1 Å². The second kappa shape index (κ2) is 4.28. The van der Waals surface area contributed by atoms with Gasteiger partial charge in [0.1, 0.15) is 5.75 Å². The van der Waals surface area contributed by atoms with Crippen LogP contribution in [0.5, 0.6) is 5.75 Å². The highest BCUT2D eigenvalue weighted by Crippen LogP contribution is 2.24. The lowest BCUT2D eigenvalue weighted by Crippen LogP contribution is -2.30. The third-order valence-corrected chi connectivity index (χ3v) is 2.69. The van der Waals surface area contributed by atoms with Crippen LogP contribution in [0.3, 0.4) is 0 Å². The lowest BCUT2D eigenvalue weighted by Gasteiger charge is -2.09. The van der Waals surface area contributed by atoms with Crippen molar-refractivity contribution in [3.63, 3.8) is 0 Å². The van der Waals surface area contributed by atoms with Crippen LogP contribution >= 0.6 is 0 Å². The summed E-state index contributed by atoms with van der Waals surface area (Å²) in [5, 5.41) is 0. The number of ether oxygens (including phenoxy) is 1. The number of rotatable bonds is 3. The molecule has 0 spiro atoms. The molecule has 9 heteroatoms. The van der Waals surface area contributed by atoms with Crippen molar-refractivity contribution in [2.24, 2.45) is 5.84 Å². The van der Waals surface area contributed by atoms with Gasteiger partial charge < -0.3 is 4.74 Å². The second-order valence-electron chi connectivity index (χ2n) is 2.64. The van der Waals surface area contributed by atoms with E-state index < -0.39 is 27.0 Å². The molecule has 16 heavy (non-hydrogen) atoms. The van der Waals surface area contributed by atoms with E-state index in [9.17, 15) is 21.6 Å². The molecule has 1 rings (SSSR count). The zero-order chi connectivity index (χ0) is 12.4. The summed E-state index contributed by atoms with van der Waals surface area (Å²) in [5.41, 5.74) is 0.